The number of likely N-dealkylation sites (tertiary alicyclic amines) is 1. The summed E-state index contributed by atoms with van der Waals surface area (Å²) in [6, 6.07) is 11.8. The van der Waals surface area contributed by atoms with Crippen LogP contribution in [0.5, 0.6) is 0 Å². The Morgan fingerprint density at radius 2 is 1.81 bits per heavy atom. The molecule has 1 amide bonds. The number of hydrogen-bond acceptors (Lipinski definition) is 5. The second-order valence-corrected chi connectivity index (χ2v) is 6.48. The molecule has 26 heavy (non-hydrogen) atoms. The summed E-state index contributed by atoms with van der Waals surface area (Å²) >= 11 is 0. The first-order valence-electron chi connectivity index (χ1n) is 8.94. The van der Waals surface area contributed by atoms with Gasteiger partial charge in [0.15, 0.2) is 6.29 Å². The molecule has 0 saturated carbocycles. The molecule has 7 heteroatoms. The minimum absolute atomic E-state index is 0.113. The maximum absolute atomic E-state index is 13.1. The number of rotatable bonds is 3. The number of carbonyl (C=O) groups is 1. The number of aromatic nitrogens is 2. The van der Waals surface area contributed by atoms with E-state index in [-0.39, 0.29) is 29.5 Å². The lowest BCUT2D eigenvalue weighted by molar-refractivity contribution is -0.100. The Balaban J connectivity index is 1.64. The summed E-state index contributed by atoms with van der Waals surface area (Å²) in [5, 5.41) is 4.31. The van der Waals surface area contributed by atoms with Gasteiger partial charge in [0.2, 0.25) is 0 Å². The van der Waals surface area contributed by atoms with E-state index in [1.807, 2.05) is 18.2 Å². The predicted molar refractivity (Wildman–Crippen MR) is 94.2 cm³/mol. The van der Waals surface area contributed by atoms with Crippen molar-refractivity contribution in [3.63, 3.8) is 0 Å². The van der Waals surface area contributed by atoms with Gasteiger partial charge in [0.05, 0.1) is 24.9 Å². The van der Waals surface area contributed by atoms with Crippen molar-refractivity contribution in [1.82, 2.24) is 14.7 Å². The molecule has 1 atom stereocenters. The average molecular weight is 355 g/mol. The van der Waals surface area contributed by atoms with Crippen molar-refractivity contribution >= 4 is 5.91 Å². The lowest BCUT2D eigenvalue weighted by Crippen LogP contribution is -2.50. The zero-order valence-electron chi connectivity index (χ0n) is 14.4. The maximum Gasteiger partial charge on any atom is 0.274 e. The highest BCUT2D eigenvalue weighted by atomic mass is 16.7. The molecule has 1 aromatic heterocycles. The van der Waals surface area contributed by atoms with E-state index < -0.39 is 0 Å². The van der Waals surface area contributed by atoms with Crippen LogP contribution in [-0.4, -0.2) is 52.7 Å². The third-order valence-electron chi connectivity index (χ3n) is 4.79. The largest absolute Gasteiger partial charge is 0.348 e. The highest BCUT2D eigenvalue weighted by Crippen LogP contribution is 2.25. The molecule has 0 N–H and O–H groups in total. The molecular formula is C19H21N3O4. The maximum atomic E-state index is 13.1. The van der Waals surface area contributed by atoms with Crippen LogP contribution in [0.1, 0.15) is 29.8 Å². The number of hydrogen-bond donors (Lipinski definition) is 0. The summed E-state index contributed by atoms with van der Waals surface area (Å²) in [6.45, 7) is 1.75. The van der Waals surface area contributed by atoms with Crippen molar-refractivity contribution in [3.8, 4) is 5.69 Å². The molecule has 2 fully saturated rings. The molecule has 7 nitrogen and oxygen atoms in total. The summed E-state index contributed by atoms with van der Waals surface area (Å²) in [6.07, 6.45) is 2.44. The lowest BCUT2D eigenvalue weighted by atomic mass is 10.0. The Morgan fingerprint density at radius 1 is 1.04 bits per heavy atom. The van der Waals surface area contributed by atoms with Crippen molar-refractivity contribution in [2.24, 2.45) is 0 Å². The van der Waals surface area contributed by atoms with E-state index in [1.54, 1.807) is 17.0 Å². The minimum Gasteiger partial charge on any atom is -0.348 e. The van der Waals surface area contributed by atoms with Gasteiger partial charge in [-0.15, -0.1) is 0 Å². The van der Waals surface area contributed by atoms with E-state index in [2.05, 4.69) is 5.10 Å². The van der Waals surface area contributed by atoms with E-state index in [9.17, 15) is 9.59 Å². The molecule has 136 valence electrons. The van der Waals surface area contributed by atoms with Gasteiger partial charge in [-0.2, -0.15) is 9.78 Å². The number of para-hydroxylation sites is 1. The Morgan fingerprint density at radius 3 is 2.58 bits per heavy atom. The van der Waals surface area contributed by atoms with Crippen molar-refractivity contribution in [1.29, 1.82) is 0 Å². The number of nitrogens with zero attached hydrogens (tertiary/aromatic N) is 3. The zero-order chi connectivity index (χ0) is 17.9. The first-order chi connectivity index (χ1) is 12.7. The normalized spacial score (nSPS) is 21.1. The Bertz CT molecular complexity index is 830. The van der Waals surface area contributed by atoms with Gasteiger partial charge >= 0.3 is 0 Å². The standard InChI is InChI=1S/C19H21N3O4/c23-17-10-9-15(20-22(17)14-6-2-1-3-7-14)18(24)21-11-5-4-8-16(21)19-25-12-13-26-19/h1-3,6-7,9-10,16,19H,4-5,8,11-13H2. The topological polar surface area (TPSA) is 73.7 Å². The summed E-state index contributed by atoms with van der Waals surface area (Å²) < 4.78 is 12.5. The number of carbonyl (C=O) groups excluding carboxylic acids is 1. The van der Waals surface area contributed by atoms with Gasteiger partial charge in [0.25, 0.3) is 11.5 Å². The Hall–Kier alpha value is -2.51. The Kier molecular flexibility index (Phi) is 4.81. The third kappa shape index (κ3) is 3.27. The molecule has 0 radical (unpaired) electrons. The summed E-state index contributed by atoms with van der Waals surface area (Å²) in [7, 11) is 0. The lowest BCUT2D eigenvalue weighted by Gasteiger charge is -2.37. The predicted octanol–water partition coefficient (Wildman–Crippen LogP) is 1.60. The highest BCUT2D eigenvalue weighted by Gasteiger charge is 2.37. The molecule has 1 unspecified atom stereocenters. The molecule has 2 saturated heterocycles. The summed E-state index contributed by atoms with van der Waals surface area (Å²) in [4.78, 5) is 27.1. The molecular weight excluding hydrogens is 334 g/mol. The van der Waals surface area contributed by atoms with E-state index >= 15 is 0 Å². The fourth-order valence-corrected chi connectivity index (χ4v) is 3.52. The SMILES string of the molecule is O=C(c1ccc(=O)n(-c2ccccc2)n1)N1CCCCC1C1OCCO1. The van der Waals surface area contributed by atoms with Gasteiger partial charge in [-0.05, 0) is 37.5 Å². The zero-order valence-corrected chi connectivity index (χ0v) is 14.4. The number of piperidine rings is 1. The molecule has 0 bridgehead atoms. The number of amides is 1. The van der Waals surface area contributed by atoms with Gasteiger partial charge in [0.1, 0.15) is 5.69 Å². The van der Waals surface area contributed by atoms with Gasteiger partial charge in [0, 0.05) is 12.6 Å². The molecule has 4 rings (SSSR count). The minimum atomic E-state index is -0.376. The van der Waals surface area contributed by atoms with E-state index in [4.69, 9.17) is 9.47 Å². The smallest absolute Gasteiger partial charge is 0.274 e. The van der Waals surface area contributed by atoms with Crippen LogP contribution in [0.15, 0.2) is 47.3 Å². The second-order valence-electron chi connectivity index (χ2n) is 6.48. The van der Waals surface area contributed by atoms with Crippen LogP contribution >= 0.6 is 0 Å². The van der Waals surface area contributed by atoms with Crippen LogP contribution in [-0.2, 0) is 9.47 Å². The van der Waals surface area contributed by atoms with Crippen molar-refractivity contribution < 1.29 is 14.3 Å². The van der Waals surface area contributed by atoms with E-state index in [0.29, 0.717) is 25.4 Å². The quantitative estimate of drug-likeness (QED) is 0.836. The first kappa shape index (κ1) is 16.9. The van der Waals surface area contributed by atoms with Crippen LogP contribution in [0.25, 0.3) is 5.69 Å². The van der Waals surface area contributed by atoms with Crippen molar-refractivity contribution in [3.05, 3.63) is 58.5 Å². The van der Waals surface area contributed by atoms with Crippen LogP contribution in [0, 0.1) is 0 Å². The van der Waals surface area contributed by atoms with Gasteiger partial charge in [-0.25, -0.2) is 0 Å². The van der Waals surface area contributed by atoms with Crippen molar-refractivity contribution in [2.75, 3.05) is 19.8 Å². The second kappa shape index (κ2) is 7.39. The fourth-order valence-electron chi connectivity index (χ4n) is 3.52. The van der Waals surface area contributed by atoms with Gasteiger partial charge in [-0.1, -0.05) is 18.2 Å². The van der Waals surface area contributed by atoms with Crippen LogP contribution < -0.4 is 5.56 Å². The summed E-state index contributed by atoms with van der Waals surface area (Å²) in [5.41, 5.74) is 0.605. The highest BCUT2D eigenvalue weighted by molar-refractivity contribution is 5.92. The van der Waals surface area contributed by atoms with Crippen LogP contribution in [0.3, 0.4) is 0 Å². The molecule has 1 aromatic carbocycles. The van der Waals surface area contributed by atoms with Crippen molar-refractivity contribution in [2.45, 2.75) is 31.6 Å². The molecule has 2 aliphatic rings. The number of benzene rings is 1. The molecule has 0 spiro atoms. The fraction of sp³-hybridized carbons (Fsp3) is 0.421. The molecule has 2 aromatic rings. The van der Waals surface area contributed by atoms with Crippen LogP contribution in [0.4, 0.5) is 0 Å². The van der Waals surface area contributed by atoms with E-state index in [1.165, 1.54) is 16.8 Å². The monoisotopic (exact) mass is 355 g/mol. The van der Waals surface area contributed by atoms with Gasteiger partial charge < -0.3 is 14.4 Å². The van der Waals surface area contributed by atoms with Gasteiger partial charge in [-0.3, -0.25) is 9.59 Å². The average Bonchev–Trinajstić information content (AvgIpc) is 3.23. The first-order valence-corrected chi connectivity index (χ1v) is 8.94. The molecule has 3 heterocycles. The number of ether oxygens (including phenoxy) is 2. The van der Waals surface area contributed by atoms with E-state index in [0.717, 1.165) is 19.3 Å². The third-order valence-corrected chi connectivity index (χ3v) is 4.79. The molecule has 2 aliphatic heterocycles. The summed E-state index contributed by atoms with van der Waals surface area (Å²) in [5.74, 6) is -0.196. The Labute approximate surface area is 151 Å². The van der Waals surface area contributed by atoms with Crippen LogP contribution in [0.2, 0.25) is 0 Å². The molecule has 0 aliphatic carbocycles.